The molecule has 1 aliphatic carbocycles. The average molecular weight is 471 g/mol. The van der Waals surface area contributed by atoms with Crippen molar-refractivity contribution in [3.63, 3.8) is 0 Å². The minimum absolute atomic E-state index is 0.0307. The number of anilines is 1. The van der Waals surface area contributed by atoms with Crippen molar-refractivity contribution < 1.29 is 24.2 Å². The Hall–Kier alpha value is -4.13. The van der Waals surface area contributed by atoms with Crippen LogP contribution >= 0.6 is 0 Å². The predicted octanol–water partition coefficient (Wildman–Crippen LogP) is 5.05. The number of carbonyl (C=O) groups excluding carboxylic acids is 2. The summed E-state index contributed by atoms with van der Waals surface area (Å²) >= 11 is 0. The first-order valence-electron chi connectivity index (χ1n) is 11.7. The zero-order valence-electron chi connectivity index (χ0n) is 19.4. The number of aliphatic carboxylic acids is 1. The molecule has 178 valence electrons. The Bertz CT molecular complexity index is 1270. The normalized spacial score (nSPS) is 16.5. The van der Waals surface area contributed by atoms with Crippen LogP contribution in [0, 0.1) is 6.92 Å². The summed E-state index contributed by atoms with van der Waals surface area (Å²) in [6, 6.07) is 20.4. The summed E-state index contributed by atoms with van der Waals surface area (Å²) < 4.78 is 5.61. The molecule has 0 bridgehead atoms. The predicted molar refractivity (Wildman–Crippen MR) is 132 cm³/mol. The first-order valence-corrected chi connectivity index (χ1v) is 11.7. The van der Waals surface area contributed by atoms with Gasteiger partial charge in [-0.2, -0.15) is 0 Å². The van der Waals surface area contributed by atoms with E-state index in [4.69, 9.17) is 4.74 Å². The Kier molecular flexibility index (Phi) is 5.99. The van der Waals surface area contributed by atoms with Gasteiger partial charge in [-0.05, 0) is 65.8 Å². The number of ether oxygens (including phenoxy) is 1. The van der Waals surface area contributed by atoms with Crippen LogP contribution in [0.15, 0.2) is 66.7 Å². The van der Waals surface area contributed by atoms with Crippen LogP contribution in [0.25, 0.3) is 11.1 Å². The lowest BCUT2D eigenvalue weighted by atomic mass is 9.98. The third-order valence-corrected chi connectivity index (χ3v) is 6.85. The fraction of sp³-hybridized carbons (Fsp3) is 0.250. The molecule has 7 heteroatoms. The van der Waals surface area contributed by atoms with Crippen LogP contribution in [0.5, 0.6) is 0 Å². The molecule has 2 amide bonds. The number of nitrogens with one attached hydrogen (secondary N) is 1. The van der Waals surface area contributed by atoms with Gasteiger partial charge in [-0.25, -0.2) is 9.59 Å². The van der Waals surface area contributed by atoms with Crippen molar-refractivity contribution in [1.82, 2.24) is 4.90 Å². The van der Waals surface area contributed by atoms with Crippen molar-refractivity contribution in [3.8, 4) is 11.1 Å². The summed E-state index contributed by atoms with van der Waals surface area (Å²) in [4.78, 5) is 38.3. The number of aryl methyl sites for hydroxylation is 1. The second kappa shape index (κ2) is 9.25. The van der Waals surface area contributed by atoms with Crippen LogP contribution < -0.4 is 5.32 Å². The highest BCUT2D eigenvalue weighted by atomic mass is 16.5. The van der Waals surface area contributed by atoms with Gasteiger partial charge in [0.05, 0.1) is 0 Å². The number of carboxylic acids is 1. The molecule has 5 rings (SSSR count). The third kappa shape index (κ3) is 4.25. The minimum Gasteiger partial charge on any atom is -0.480 e. The second-order valence-electron chi connectivity index (χ2n) is 8.98. The van der Waals surface area contributed by atoms with E-state index in [1.807, 2.05) is 24.3 Å². The first kappa shape index (κ1) is 22.7. The van der Waals surface area contributed by atoms with E-state index in [0.29, 0.717) is 36.2 Å². The molecule has 2 aliphatic rings. The van der Waals surface area contributed by atoms with Crippen molar-refractivity contribution in [2.45, 2.75) is 31.7 Å². The van der Waals surface area contributed by atoms with Gasteiger partial charge in [-0.15, -0.1) is 0 Å². The lowest BCUT2D eigenvalue weighted by Crippen LogP contribution is -2.40. The fourth-order valence-electron chi connectivity index (χ4n) is 5.11. The van der Waals surface area contributed by atoms with E-state index in [2.05, 4.69) is 29.6 Å². The summed E-state index contributed by atoms with van der Waals surface area (Å²) in [5, 5.41) is 12.1. The average Bonchev–Trinajstić information content (AvgIpc) is 3.47. The Morgan fingerprint density at radius 3 is 2.29 bits per heavy atom. The van der Waals surface area contributed by atoms with Crippen LogP contribution in [0.3, 0.4) is 0 Å². The maximum absolute atomic E-state index is 12.8. The minimum atomic E-state index is -0.985. The van der Waals surface area contributed by atoms with Gasteiger partial charge in [0.2, 0.25) is 0 Å². The molecule has 0 aromatic heterocycles. The molecule has 3 aromatic carbocycles. The number of amides is 2. The first-order chi connectivity index (χ1) is 16.9. The molecule has 1 saturated heterocycles. The highest BCUT2D eigenvalue weighted by Gasteiger charge is 2.34. The maximum Gasteiger partial charge on any atom is 0.411 e. The fourth-order valence-corrected chi connectivity index (χ4v) is 5.11. The molecule has 0 radical (unpaired) electrons. The van der Waals surface area contributed by atoms with E-state index in [-0.39, 0.29) is 18.4 Å². The Morgan fingerprint density at radius 2 is 1.66 bits per heavy atom. The third-order valence-electron chi connectivity index (χ3n) is 6.85. The molecule has 35 heavy (non-hydrogen) atoms. The monoisotopic (exact) mass is 470 g/mol. The van der Waals surface area contributed by atoms with Gasteiger partial charge in [0.1, 0.15) is 12.6 Å². The zero-order valence-corrected chi connectivity index (χ0v) is 19.4. The molecule has 1 fully saturated rings. The summed E-state index contributed by atoms with van der Waals surface area (Å²) in [5.41, 5.74) is 6.23. The molecule has 1 heterocycles. The summed E-state index contributed by atoms with van der Waals surface area (Å²) in [6.45, 7) is 2.42. The largest absolute Gasteiger partial charge is 0.480 e. The van der Waals surface area contributed by atoms with Crippen molar-refractivity contribution in [2.24, 2.45) is 0 Å². The van der Waals surface area contributed by atoms with Crippen LogP contribution in [-0.4, -0.2) is 47.2 Å². The number of hydrogen-bond donors (Lipinski definition) is 2. The van der Waals surface area contributed by atoms with Gasteiger partial charge < -0.3 is 14.7 Å². The summed E-state index contributed by atoms with van der Waals surface area (Å²) in [6.07, 6.45) is 0.560. The van der Waals surface area contributed by atoms with Gasteiger partial charge in [0.15, 0.2) is 0 Å². The SMILES string of the molecule is Cc1cc(C(=O)N2CCCC2C(=O)O)ccc1NC(=O)OCC1c2ccccc2-c2ccccc21. The van der Waals surface area contributed by atoms with Crippen molar-refractivity contribution in [2.75, 3.05) is 18.5 Å². The molecule has 1 atom stereocenters. The van der Waals surface area contributed by atoms with E-state index in [0.717, 1.165) is 22.3 Å². The molecule has 2 N–H and O–H groups in total. The zero-order chi connectivity index (χ0) is 24.5. The van der Waals surface area contributed by atoms with Crippen molar-refractivity contribution in [1.29, 1.82) is 0 Å². The smallest absolute Gasteiger partial charge is 0.411 e. The van der Waals surface area contributed by atoms with Crippen LogP contribution in [0.2, 0.25) is 0 Å². The van der Waals surface area contributed by atoms with Gasteiger partial charge in [-0.3, -0.25) is 10.1 Å². The van der Waals surface area contributed by atoms with E-state index in [1.165, 1.54) is 4.90 Å². The van der Waals surface area contributed by atoms with Crippen LogP contribution in [-0.2, 0) is 9.53 Å². The van der Waals surface area contributed by atoms with Gasteiger partial charge in [0, 0.05) is 23.7 Å². The number of carboxylic acid groups (broad SMARTS) is 1. The molecule has 0 saturated carbocycles. The molecule has 7 nitrogen and oxygen atoms in total. The summed E-state index contributed by atoms with van der Waals surface area (Å²) in [5.74, 6) is -1.33. The number of fused-ring (bicyclic) bond motifs is 3. The number of hydrogen-bond acceptors (Lipinski definition) is 4. The second-order valence-corrected chi connectivity index (χ2v) is 8.98. The maximum atomic E-state index is 12.8. The highest BCUT2D eigenvalue weighted by Crippen LogP contribution is 2.44. The number of likely N-dealkylation sites (tertiary alicyclic amines) is 1. The number of nitrogens with zero attached hydrogens (tertiary/aromatic N) is 1. The van der Waals surface area contributed by atoms with Crippen LogP contribution in [0.1, 0.15) is 45.8 Å². The number of rotatable bonds is 5. The quantitative estimate of drug-likeness (QED) is 0.544. The van der Waals surface area contributed by atoms with Crippen LogP contribution in [0.4, 0.5) is 10.5 Å². The van der Waals surface area contributed by atoms with Crippen molar-refractivity contribution >= 4 is 23.7 Å². The van der Waals surface area contributed by atoms with E-state index >= 15 is 0 Å². The van der Waals surface area contributed by atoms with E-state index in [9.17, 15) is 19.5 Å². The topological polar surface area (TPSA) is 95.9 Å². The van der Waals surface area contributed by atoms with Gasteiger partial charge >= 0.3 is 12.1 Å². The lowest BCUT2D eigenvalue weighted by molar-refractivity contribution is -0.141. The van der Waals surface area contributed by atoms with Gasteiger partial charge in [-0.1, -0.05) is 48.5 Å². The summed E-state index contributed by atoms with van der Waals surface area (Å²) in [7, 11) is 0. The lowest BCUT2D eigenvalue weighted by Gasteiger charge is -2.22. The Morgan fingerprint density at radius 1 is 1.00 bits per heavy atom. The molecule has 1 unspecified atom stereocenters. The standard InChI is InChI=1S/C28H26N2O5/c1-17-15-18(26(31)30-14-6-11-25(30)27(32)33)12-13-24(17)29-28(34)35-16-23-21-9-4-2-7-19(21)20-8-3-5-10-22(20)23/h2-5,7-10,12-13,15,23,25H,6,11,14,16H2,1H3,(H,29,34)(H,32,33). The van der Waals surface area contributed by atoms with E-state index < -0.39 is 18.1 Å². The molecular weight excluding hydrogens is 444 g/mol. The van der Waals surface area contributed by atoms with E-state index in [1.54, 1.807) is 25.1 Å². The number of carbonyl (C=O) groups is 3. The highest BCUT2D eigenvalue weighted by molar-refractivity contribution is 5.98. The molecule has 0 spiro atoms. The van der Waals surface area contributed by atoms with Gasteiger partial charge in [0.25, 0.3) is 5.91 Å². The Balaban J connectivity index is 1.25. The molecule has 3 aromatic rings. The number of benzene rings is 3. The molecule has 1 aliphatic heterocycles. The Labute approximate surface area is 203 Å². The van der Waals surface area contributed by atoms with Crippen molar-refractivity contribution in [3.05, 3.63) is 89.0 Å². The molecular formula is C28H26N2O5.